The number of hydrogen-bond donors (Lipinski definition) is 2. The molecule has 0 unspecified atom stereocenters. The van der Waals surface area contributed by atoms with Gasteiger partial charge >= 0.3 is 0 Å². The Kier molecular flexibility index (Phi) is 4.58. The normalized spacial score (nSPS) is 26.2. The average molecular weight is 267 g/mol. The van der Waals surface area contributed by atoms with E-state index >= 15 is 0 Å². The van der Waals surface area contributed by atoms with Gasteiger partial charge in [-0.2, -0.15) is 4.98 Å². The lowest BCUT2D eigenvalue weighted by molar-refractivity contribution is 0.195. The van der Waals surface area contributed by atoms with Crippen molar-refractivity contribution in [3.05, 3.63) is 11.7 Å². The Morgan fingerprint density at radius 2 is 2.00 bits per heavy atom. The number of nitrogens with one attached hydrogen (secondary N) is 1. The third kappa shape index (κ3) is 3.34. The minimum atomic E-state index is -0.152. The predicted molar refractivity (Wildman–Crippen MR) is 72.6 cm³/mol. The monoisotopic (exact) mass is 267 g/mol. The average Bonchev–Trinajstić information content (AvgIpc) is 2.79. The summed E-state index contributed by atoms with van der Waals surface area (Å²) >= 11 is 0. The highest BCUT2D eigenvalue weighted by Gasteiger charge is 2.35. The number of aromatic nitrogens is 2. The number of aliphatic hydroxyl groups excluding tert-OH is 1. The molecule has 1 heterocycles. The molecule has 5 nitrogen and oxygen atoms in total. The smallest absolute Gasteiger partial charge is 0.229 e. The van der Waals surface area contributed by atoms with E-state index in [-0.39, 0.29) is 6.61 Å². The summed E-state index contributed by atoms with van der Waals surface area (Å²) in [4.78, 5) is 4.17. The van der Waals surface area contributed by atoms with Crippen molar-refractivity contribution in [2.24, 2.45) is 11.8 Å². The zero-order chi connectivity index (χ0) is 14.0. The van der Waals surface area contributed by atoms with Gasteiger partial charge in [0.05, 0.1) is 0 Å². The molecule has 0 bridgehead atoms. The summed E-state index contributed by atoms with van der Waals surface area (Å²) < 4.78 is 5.15. The van der Waals surface area contributed by atoms with Crippen LogP contribution >= 0.6 is 0 Å². The second kappa shape index (κ2) is 6.01. The molecule has 0 amide bonds. The molecule has 2 N–H and O–H groups in total. The van der Waals surface area contributed by atoms with Crippen LogP contribution in [0.3, 0.4) is 0 Å². The number of nitrogens with zero attached hydrogens (tertiary/aromatic N) is 2. The quantitative estimate of drug-likeness (QED) is 0.825. The number of aliphatic hydroxyl groups is 1. The third-order valence-electron chi connectivity index (χ3n) is 4.45. The summed E-state index contributed by atoms with van der Waals surface area (Å²) in [5.41, 5.74) is 0. The van der Waals surface area contributed by atoms with Crippen LogP contribution in [0.15, 0.2) is 4.52 Å². The van der Waals surface area contributed by atoms with E-state index < -0.39 is 0 Å². The van der Waals surface area contributed by atoms with E-state index in [2.05, 4.69) is 43.2 Å². The Bertz CT molecular complexity index is 399. The fraction of sp³-hybridized carbons (Fsp3) is 0.857. The summed E-state index contributed by atoms with van der Waals surface area (Å²) in [6.45, 7) is 8.93. The van der Waals surface area contributed by atoms with E-state index in [0.717, 1.165) is 12.8 Å². The van der Waals surface area contributed by atoms with Gasteiger partial charge in [0.25, 0.3) is 0 Å². The fourth-order valence-corrected chi connectivity index (χ4v) is 2.55. The number of hydrogen-bond acceptors (Lipinski definition) is 5. The van der Waals surface area contributed by atoms with Gasteiger partial charge in [0.2, 0.25) is 5.89 Å². The van der Waals surface area contributed by atoms with Crippen LogP contribution in [0.1, 0.15) is 58.2 Å². The van der Waals surface area contributed by atoms with E-state index in [0.29, 0.717) is 41.6 Å². The van der Waals surface area contributed by atoms with Crippen LogP contribution in [0.25, 0.3) is 0 Å². The van der Waals surface area contributed by atoms with Gasteiger partial charge in [0.15, 0.2) is 5.82 Å². The Balaban J connectivity index is 1.77. The van der Waals surface area contributed by atoms with Crippen LogP contribution < -0.4 is 5.32 Å². The molecule has 1 saturated carbocycles. The van der Waals surface area contributed by atoms with Crippen LogP contribution in [0.4, 0.5) is 0 Å². The van der Waals surface area contributed by atoms with Gasteiger partial charge in [0.1, 0.15) is 6.61 Å². The summed E-state index contributed by atoms with van der Waals surface area (Å²) in [6.07, 6.45) is 2.09. The summed E-state index contributed by atoms with van der Waals surface area (Å²) in [5, 5.41) is 16.3. The maximum absolute atomic E-state index is 8.91. The molecule has 1 aromatic heterocycles. The van der Waals surface area contributed by atoms with E-state index in [1.165, 1.54) is 0 Å². The molecular weight excluding hydrogens is 242 g/mol. The van der Waals surface area contributed by atoms with Gasteiger partial charge in [-0.3, -0.25) is 0 Å². The van der Waals surface area contributed by atoms with Crippen LogP contribution in [0.5, 0.6) is 0 Å². The Labute approximate surface area is 114 Å². The van der Waals surface area contributed by atoms with Gasteiger partial charge in [0, 0.05) is 18.0 Å². The van der Waals surface area contributed by atoms with Crippen molar-refractivity contribution in [1.29, 1.82) is 0 Å². The molecular formula is C14H25N3O2. The summed E-state index contributed by atoms with van der Waals surface area (Å²) in [7, 11) is 0. The lowest BCUT2D eigenvalue weighted by atomic mass is 9.79. The largest absolute Gasteiger partial charge is 0.388 e. The predicted octanol–water partition coefficient (Wildman–Crippen LogP) is 2.08. The molecule has 0 aliphatic heterocycles. The van der Waals surface area contributed by atoms with Gasteiger partial charge in [-0.05, 0) is 31.6 Å². The standard InChI is InChI=1S/C14H25N3O2/c1-8(2)9(3)10(4)15-12-5-11(6-12)14-16-13(7-18)17-19-14/h8-12,15,18H,5-7H2,1-4H3/t9-,10-,11-,12-/m1/s1. The second-order valence-corrected chi connectivity index (χ2v) is 6.13. The van der Waals surface area contributed by atoms with E-state index in [1.54, 1.807) is 0 Å². The Morgan fingerprint density at radius 1 is 1.32 bits per heavy atom. The molecule has 0 saturated heterocycles. The molecule has 1 aliphatic rings. The first-order valence-corrected chi connectivity index (χ1v) is 7.20. The first kappa shape index (κ1) is 14.5. The van der Waals surface area contributed by atoms with Crippen LogP contribution in [-0.2, 0) is 6.61 Å². The van der Waals surface area contributed by atoms with Crippen molar-refractivity contribution in [1.82, 2.24) is 15.5 Å². The lowest BCUT2D eigenvalue weighted by Crippen LogP contribution is -2.47. The molecule has 0 radical (unpaired) electrons. The minimum absolute atomic E-state index is 0.152. The van der Waals surface area contributed by atoms with Crippen LogP contribution in [-0.4, -0.2) is 27.3 Å². The highest BCUT2D eigenvalue weighted by atomic mass is 16.5. The zero-order valence-corrected chi connectivity index (χ0v) is 12.3. The highest BCUT2D eigenvalue weighted by molar-refractivity contribution is 5.03. The molecule has 1 aromatic rings. The summed E-state index contributed by atoms with van der Waals surface area (Å²) in [6, 6.07) is 1.08. The first-order valence-electron chi connectivity index (χ1n) is 7.20. The van der Waals surface area contributed by atoms with Crippen molar-refractivity contribution >= 4 is 0 Å². The maximum atomic E-state index is 8.91. The van der Waals surface area contributed by atoms with Gasteiger partial charge in [-0.1, -0.05) is 25.9 Å². The topological polar surface area (TPSA) is 71.2 Å². The van der Waals surface area contributed by atoms with E-state index in [9.17, 15) is 0 Å². The minimum Gasteiger partial charge on any atom is -0.388 e. The molecule has 1 aliphatic carbocycles. The van der Waals surface area contributed by atoms with Crippen molar-refractivity contribution in [3.8, 4) is 0 Å². The SMILES string of the molecule is CC(C)[C@@H](C)[C@@H](C)N[C@H]1C[C@H](c2nc(CO)no2)C1. The van der Waals surface area contributed by atoms with Crippen molar-refractivity contribution < 1.29 is 9.63 Å². The highest BCUT2D eigenvalue weighted by Crippen LogP contribution is 2.36. The molecule has 19 heavy (non-hydrogen) atoms. The first-order chi connectivity index (χ1) is 9.01. The van der Waals surface area contributed by atoms with Crippen molar-refractivity contribution in [2.75, 3.05) is 0 Å². The Morgan fingerprint density at radius 3 is 2.53 bits per heavy atom. The Hall–Kier alpha value is -0.940. The second-order valence-electron chi connectivity index (χ2n) is 6.13. The lowest BCUT2D eigenvalue weighted by Gasteiger charge is -2.38. The summed E-state index contributed by atoms with van der Waals surface area (Å²) in [5.74, 6) is 2.77. The molecule has 108 valence electrons. The fourth-order valence-electron chi connectivity index (χ4n) is 2.55. The van der Waals surface area contributed by atoms with Gasteiger partial charge in [-0.15, -0.1) is 0 Å². The molecule has 0 aromatic carbocycles. The van der Waals surface area contributed by atoms with Crippen molar-refractivity contribution in [2.45, 2.75) is 65.1 Å². The molecule has 0 spiro atoms. The van der Waals surface area contributed by atoms with Crippen LogP contribution in [0.2, 0.25) is 0 Å². The maximum Gasteiger partial charge on any atom is 0.229 e. The molecule has 2 atom stereocenters. The third-order valence-corrected chi connectivity index (χ3v) is 4.45. The molecule has 5 heteroatoms. The van der Waals surface area contributed by atoms with E-state index in [4.69, 9.17) is 9.63 Å². The molecule has 1 fully saturated rings. The molecule has 2 rings (SSSR count). The number of rotatable bonds is 6. The van der Waals surface area contributed by atoms with Crippen molar-refractivity contribution in [3.63, 3.8) is 0 Å². The van der Waals surface area contributed by atoms with E-state index in [1.807, 2.05) is 0 Å². The van der Waals surface area contributed by atoms with Crippen LogP contribution in [0, 0.1) is 11.8 Å². The van der Waals surface area contributed by atoms with Gasteiger partial charge in [-0.25, -0.2) is 0 Å². The van der Waals surface area contributed by atoms with Gasteiger partial charge < -0.3 is 14.9 Å². The zero-order valence-electron chi connectivity index (χ0n) is 12.3.